The molecular formula is C18H18N2O4. The van der Waals surface area contributed by atoms with E-state index in [9.17, 15) is 14.7 Å². The van der Waals surface area contributed by atoms with Gasteiger partial charge < -0.3 is 14.7 Å². The molecule has 0 saturated carbocycles. The molecule has 1 fully saturated rings. The Morgan fingerprint density at radius 1 is 1.21 bits per heavy atom. The summed E-state index contributed by atoms with van der Waals surface area (Å²) in [6.45, 7) is 2.05. The number of carbonyl (C=O) groups excluding carboxylic acids is 1. The molecule has 0 spiro atoms. The first-order valence-corrected chi connectivity index (χ1v) is 7.74. The van der Waals surface area contributed by atoms with Gasteiger partial charge >= 0.3 is 5.97 Å². The Hall–Kier alpha value is -2.89. The lowest BCUT2D eigenvalue weighted by atomic mass is 9.98. The summed E-state index contributed by atoms with van der Waals surface area (Å²) in [7, 11) is 0. The maximum atomic E-state index is 12.6. The van der Waals surface area contributed by atoms with E-state index in [0.29, 0.717) is 36.4 Å². The smallest absolute Gasteiger partial charge is 0.329 e. The van der Waals surface area contributed by atoms with Crippen LogP contribution in [0.25, 0.3) is 0 Å². The molecular weight excluding hydrogens is 308 g/mol. The lowest BCUT2D eigenvalue weighted by molar-refractivity contribution is -0.147. The van der Waals surface area contributed by atoms with E-state index in [1.165, 1.54) is 4.90 Å². The summed E-state index contributed by atoms with van der Waals surface area (Å²) in [6, 6.07) is 10.2. The zero-order valence-electron chi connectivity index (χ0n) is 13.3. The second kappa shape index (κ2) is 6.31. The summed E-state index contributed by atoms with van der Waals surface area (Å²) < 4.78 is 5.64. The predicted octanol–water partition coefficient (Wildman–Crippen LogP) is 2.95. The van der Waals surface area contributed by atoms with Crippen LogP contribution in [-0.2, 0) is 4.79 Å². The molecule has 24 heavy (non-hydrogen) atoms. The van der Waals surface area contributed by atoms with Crippen LogP contribution in [0.1, 0.15) is 30.1 Å². The average molecular weight is 326 g/mol. The molecule has 1 N–H and O–H groups in total. The molecule has 6 nitrogen and oxygen atoms in total. The van der Waals surface area contributed by atoms with Crippen molar-refractivity contribution in [2.45, 2.75) is 25.3 Å². The van der Waals surface area contributed by atoms with E-state index in [1.807, 2.05) is 0 Å². The van der Waals surface area contributed by atoms with Crippen molar-refractivity contribution in [3.63, 3.8) is 0 Å². The average Bonchev–Trinajstić information content (AvgIpc) is 2.99. The molecule has 124 valence electrons. The first-order valence-electron chi connectivity index (χ1n) is 7.74. The number of rotatable bonds is 4. The highest BCUT2D eigenvalue weighted by Gasteiger charge is 2.46. The number of hydrogen-bond acceptors (Lipinski definition) is 4. The number of pyridine rings is 1. The Kier molecular flexibility index (Phi) is 4.20. The molecule has 2 heterocycles. The maximum absolute atomic E-state index is 12.6. The van der Waals surface area contributed by atoms with Crippen LogP contribution in [0.3, 0.4) is 0 Å². The van der Waals surface area contributed by atoms with E-state index >= 15 is 0 Å². The molecule has 1 saturated heterocycles. The van der Waals surface area contributed by atoms with Crippen molar-refractivity contribution in [3.05, 3.63) is 54.4 Å². The van der Waals surface area contributed by atoms with Crippen LogP contribution in [0.5, 0.6) is 11.5 Å². The van der Waals surface area contributed by atoms with E-state index in [2.05, 4.69) is 4.98 Å². The van der Waals surface area contributed by atoms with Crippen molar-refractivity contribution >= 4 is 11.9 Å². The van der Waals surface area contributed by atoms with Gasteiger partial charge in [-0.2, -0.15) is 0 Å². The molecule has 3 rings (SSSR count). The van der Waals surface area contributed by atoms with Gasteiger partial charge in [0.05, 0.1) is 6.20 Å². The van der Waals surface area contributed by atoms with Gasteiger partial charge in [0.2, 0.25) is 0 Å². The van der Waals surface area contributed by atoms with Gasteiger partial charge in [-0.3, -0.25) is 9.78 Å². The fourth-order valence-electron chi connectivity index (χ4n) is 2.88. The fraction of sp³-hybridized carbons (Fsp3) is 0.278. The van der Waals surface area contributed by atoms with Crippen molar-refractivity contribution < 1.29 is 19.4 Å². The molecule has 0 bridgehead atoms. The molecule has 1 amide bonds. The summed E-state index contributed by atoms with van der Waals surface area (Å²) >= 11 is 0. The molecule has 2 aromatic rings. The van der Waals surface area contributed by atoms with E-state index in [0.717, 1.165) is 0 Å². The minimum Gasteiger partial charge on any atom is -0.480 e. The van der Waals surface area contributed by atoms with Crippen LogP contribution in [0.15, 0.2) is 48.8 Å². The van der Waals surface area contributed by atoms with Gasteiger partial charge in [0, 0.05) is 18.3 Å². The largest absolute Gasteiger partial charge is 0.480 e. The standard InChI is InChI=1S/C18H18N2O4/c1-18(17(22)23)9-3-11-20(18)16(21)13-5-7-14(8-6-13)24-15-4-2-10-19-12-15/h2,4-8,10,12H,3,9,11H2,1H3,(H,22,23). The van der Waals surface area contributed by atoms with Gasteiger partial charge in [-0.25, -0.2) is 4.79 Å². The molecule has 6 heteroatoms. The van der Waals surface area contributed by atoms with Crippen LogP contribution >= 0.6 is 0 Å². The van der Waals surface area contributed by atoms with Crippen molar-refractivity contribution in [1.82, 2.24) is 9.88 Å². The summed E-state index contributed by atoms with van der Waals surface area (Å²) in [5.41, 5.74) is -0.690. The van der Waals surface area contributed by atoms with Crippen LogP contribution < -0.4 is 4.74 Å². The highest BCUT2D eigenvalue weighted by molar-refractivity contribution is 5.98. The lowest BCUT2D eigenvalue weighted by Gasteiger charge is -2.31. The second-order valence-corrected chi connectivity index (χ2v) is 5.95. The minimum atomic E-state index is -1.14. The topological polar surface area (TPSA) is 79.7 Å². The zero-order valence-corrected chi connectivity index (χ0v) is 13.3. The number of carbonyl (C=O) groups is 2. The van der Waals surface area contributed by atoms with Gasteiger partial charge in [-0.05, 0) is 56.2 Å². The molecule has 1 unspecified atom stereocenters. The molecule has 1 aromatic carbocycles. The van der Waals surface area contributed by atoms with E-state index in [1.54, 1.807) is 55.7 Å². The third-order valence-electron chi connectivity index (χ3n) is 4.32. The van der Waals surface area contributed by atoms with Gasteiger partial charge in [-0.1, -0.05) is 0 Å². The number of amides is 1. The number of ether oxygens (including phenoxy) is 1. The first-order chi connectivity index (χ1) is 11.5. The second-order valence-electron chi connectivity index (χ2n) is 5.95. The predicted molar refractivity (Wildman–Crippen MR) is 87.1 cm³/mol. The molecule has 1 atom stereocenters. The molecule has 1 aliphatic rings. The highest BCUT2D eigenvalue weighted by Crippen LogP contribution is 2.31. The third-order valence-corrected chi connectivity index (χ3v) is 4.32. The minimum absolute atomic E-state index is 0.273. The number of likely N-dealkylation sites (tertiary alicyclic amines) is 1. The van der Waals surface area contributed by atoms with Crippen molar-refractivity contribution in [2.24, 2.45) is 0 Å². The third kappa shape index (κ3) is 2.95. The maximum Gasteiger partial charge on any atom is 0.329 e. The molecule has 1 aliphatic heterocycles. The van der Waals surface area contributed by atoms with Crippen LogP contribution in [0.2, 0.25) is 0 Å². The van der Waals surface area contributed by atoms with Gasteiger partial charge in [0.1, 0.15) is 17.0 Å². The Morgan fingerprint density at radius 2 is 1.96 bits per heavy atom. The van der Waals surface area contributed by atoms with Crippen LogP contribution in [-0.4, -0.2) is 39.0 Å². The number of aliphatic carboxylic acids is 1. The highest BCUT2D eigenvalue weighted by atomic mass is 16.5. The summed E-state index contributed by atoms with van der Waals surface area (Å²) in [5.74, 6) is -0.0493. The van der Waals surface area contributed by atoms with Crippen molar-refractivity contribution in [1.29, 1.82) is 0 Å². The van der Waals surface area contributed by atoms with Crippen molar-refractivity contribution in [3.8, 4) is 11.5 Å². The molecule has 0 aliphatic carbocycles. The summed E-state index contributed by atoms with van der Waals surface area (Å²) in [5, 5.41) is 9.43. The van der Waals surface area contributed by atoms with Gasteiger partial charge in [0.15, 0.2) is 0 Å². The fourth-order valence-corrected chi connectivity index (χ4v) is 2.88. The van der Waals surface area contributed by atoms with Crippen LogP contribution in [0.4, 0.5) is 0 Å². The zero-order chi connectivity index (χ0) is 17.2. The van der Waals surface area contributed by atoms with Crippen molar-refractivity contribution in [2.75, 3.05) is 6.54 Å². The van der Waals surface area contributed by atoms with Crippen LogP contribution in [0, 0.1) is 0 Å². The monoisotopic (exact) mass is 326 g/mol. The molecule has 1 aromatic heterocycles. The number of carboxylic acids is 1. The number of carboxylic acid groups (broad SMARTS) is 1. The lowest BCUT2D eigenvalue weighted by Crippen LogP contribution is -2.50. The van der Waals surface area contributed by atoms with Gasteiger partial charge in [0.25, 0.3) is 5.91 Å². The Labute approximate surface area is 139 Å². The number of nitrogens with zero attached hydrogens (tertiary/aromatic N) is 2. The van der Waals surface area contributed by atoms with E-state index < -0.39 is 11.5 Å². The molecule has 0 radical (unpaired) electrons. The van der Waals surface area contributed by atoms with E-state index in [4.69, 9.17) is 4.74 Å². The quantitative estimate of drug-likeness (QED) is 0.934. The number of aromatic nitrogens is 1. The number of hydrogen-bond donors (Lipinski definition) is 1. The number of benzene rings is 1. The summed E-state index contributed by atoms with van der Waals surface area (Å²) in [6.07, 6.45) is 4.42. The Bertz CT molecular complexity index is 745. The summed E-state index contributed by atoms with van der Waals surface area (Å²) in [4.78, 5) is 29.6. The Balaban J connectivity index is 1.76. The van der Waals surface area contributed by atoms with E-state index in [-0.39, 0.29) is 5.91 Å². The van der Waals surface area contributed by atoms with Gasteiger partial charge in [-0.15, -0.1) is 0 Å². The Morgan fingerprint density at radius 3 is 2.58 bits per heavy atom. The SMILES string of the molecule is CC1(C(=O)O)CCCN1C(=O)c1ccc(Oc2cccnc2)cc1. The first kappa shape index (κ1) is 16.0. The normalized spacial score (nSPS) is 20.0.